The van der Waals surface area contributed by atoms with Crippen molar-refractivity contribution in [2.75, 3.05) is 18.4 Å². The first-order valence-electron chi connectivity index (χ1n) is 11.7. The van der Waals surface area contributed by atoms with Gasteiger partial charge in [0.25, 0.3) is 5.91 Å². The Bertz CT molecular complexity index is 1190. The molecule has 2 amide bonds. The van der Waals surface area contributed by atoms with Crippen LogP contribution in [-0.2, 0) is 9.47 Å². The number of carbonyl (C=O) groups is 3. The minimum absolute atomic E-state index is 0.268. The van der Waals surface area contributed by atoms with E-state index in [4.69, 9.17) is 9.47 Å². The third kappa shape index (κ3) is 6.47. The first kappa shape index (κ1) is 24.9. The number of piperidine rings is 1. The second-order valence-corrected chi connectivity index (χ2v) is 9.49. The number of nitrogens with zero attached hydrogens (tertiary/aromatic N) is 4. The van der Waals surface area contributed by atoms with Crippen molar-refractivity contribution in [3.05, 3.63) is 72.3 Å². The number of esters is 1. The largest absolute Gasteiger partial charge is 0.459 e. The van der Waals surface area contributed by atoms with Crippen molar-refractivity contribution in [2.45, 2.75) is 45.3 Å². The van der Waals surface area contributed by atoms with E-state index in [1.165, 1.54) is 6.33 Å². The lowest BCUT2D eigenvalue weighted by molar-refractivity contribution is -0.00341. The molecule has 10 nitrogen and oxygen atoms in total. The fourth-order valence-corrected chi connectivity index (χ4v) is 3.70. The van der Waals surface area contributed by atoms with Crippen molar-refractivity contribution in [1.82, 2.24) is 19.7 Å². The average Bonchev–Trinajstić information content (AvgIpc) is 3.39. The molecule has 1 aromatic heterocycles. The maximum atomic E-state index is 12.6. The van der Waals surface area contributed by atoms with Crippen LogP contribution in [0.2, 0.25) is 0 Å². The number of anilines is 1. The predicted octanol–water partition coefficient (Wildman–Crippen LogP) is 4.08. The van der Waals surface area contributed by atoms with Gasteiger partial charge in [0, 0.05) is 37.2 Å². The van der Waals surface area contributed by atoms with E-state index in [-0.39, 0.29) is 18.1 Å². The number of benzene rings is 2. The molecule has 10 heteroatoms. The van der Waals surface area contributed by atoms with E-state index in [1.807, 2.05) is 20.8 Å². The standard InChI is InChI=1S/C26H29N5O5/c1-26(2,3)36-25(34)30-14-12-22(13-15-30)35-24(33)19-4-8-20(9-5-19)29-23(32)18-6-10-21(11-7-18)31-17-27-16-28-31/h4-11,16-17,22H,12-15H2,1-3H3,(H,29,32). The van der Waals surface area contributed by atoms with Gasteiger partial charge in [-0.3, -0.25) is 4.79 Å². The molecule has 1 fully saturated rings. The van der Waals surface area contributed by atoms with Gasteiger partial charge >= 0.3 is 12.1 Å². The zero-order valence-electron chi connectivity index (χ0n) is 20.5. The monoisotopic (exact) mass is 491 g/mol. The van der Waals surface area contributed by atoms with Crippen molar-refractivity contribution >= 4 is 23.7 Å². The van der Waals surface area contributed by atoms with Crippen molar-refractivity contribution < 1.29 is 23.9 Å². The third-order valence-electron chi connectivity index (χ3n) is 5.56. The number of likely N-dealkylation sites (tertiary alicyclic amines) is 1. The Balaban J connectivity index is 1.26. The van der Waals surface area contributed by atoms with E-state index in [0.717, 1.165) is 5.69 Å². The van der Waals surface area contributed by atoms with Crippen LogP contribution < -0.4 is 5.32 Å². The van der Waals surface area contributed by atoms with Gasteiger partial charge in [0.2, 0.25) is 0 Å². The summed E-state index contributed by atoms with van der Waals surface area (Å²) in [5.74, 6) is -0.709. The molecular formula is C26H29N5O5. The lowest BCUT2D eigenvalue weighted by Gasteiger charge is -2.33. The molecule has 1 aliphatic rings. The maximum absolute atomic E-state index is 12.6. The van der Waals surface area contributed by atoms with Gasteiger partial charge in [-0.15, -0.1) is 0 Å². The van der Waals surface area contributed by atoms with E-state index in [2.05, 4.69) is 15.4 Å². The number of amides is 2. The fraction of sp³-hybridized carbons (Fsp3) is 0.346. The van der Waals surface area contributed by atoms with E-state index in [9.17, 15) is 14.4 Å². The summed E-state index contributed by atoms with van der Waals surface area (Å²) in [7, 11) is 0. The Labute approximate surface area is 209 Å². The molecule has 0 unspecified atom stereocenters. The molecule has 1 saturated heterocycles. The minimum atomic E-state index is -0.546. The number of hydrogen-bond acceptors (Lipinski definition) is 7. The van der Waals surface area contributed by atoms with Crippen LogP contribution >= 0.6 is 0 Å². The topological polar surface area (TPSA) is 116 Å². The quantitative estimate of drug-likeness (QED) is 0.535. The van der Waals surface area contributed by atoms with E-state index < -0.39 is 11.6 Å². The Morgan fingerprint density at radius 2 is 1.58 bits per heavy atom. The zero-order chi connectivity index (χ0) is 25.7. The van der Waals surface area contributed by atoms with Crippen LogP contribution in [-0.4, -0.2) is 62.4 Å². The van der Waals surface area contributed by atoms with Crippen LogP contribution in [0.4, 0.5) is 10.5 Å². The van der Waals surface area contributed by atoms with E-state index >= 15 is 0 Å². The summed E-state index contributed by atoms with van der Waals surface area (Å²) in [6.07, 6.45) is 3.50. The van der Waals surface area contributed by atoms with Crippen molar-refractivity contribution in [3.63, 3.8) is 0 Å². The molecule has 188 valence electrons. The van der Waals surface area contributed by atoms with Gasteiger partial charge < -0.3 is 19.7 Å². The summed E-state index contributed by atoms with van der Waals surface area (Å²) in [4.78, 5) is 42.9. The Morgan fingerprint density at radius 3 is 2.17 bits per heavy atom. The molecule has 0 spiro atoms. The Kier molecular flexibility index (Phi) is 7.33. The highest BCUT2D eigenvalue weighted by molar-refractivity contribution is 6.04. The molecule has 0 radical (unpaired) electrons. The average molecular weight is 492 g/mol. The SMILES string of the molecule is CC(C)(C)OC(=O)N1CCC(OC(=O)c2ccc(NC(=O)c3ccc(-n4cncn4)cc3)cc2)CC1. The molecule has 0 bridgehead atoms. The molecule has 1 aliphatic heterocycles. The minimum Gasteiger partial charge on any atom is -0.459 e. The molecular weight excluding hydrogens is 462 g/mol. The number of nitrogens with one attached hydrogen (secondary N) is 1. The van der Waals surface area contributed by atoms with Crippen molar-refractivity contribution in [3.8, 4) is 5.69 Å². The highest BCUT2D eigenvalue weighted by Gasteiger charge is 2.28. The number of ether oxygens (including phenoxy) is 2. The van der Waals surface area contributed by atoms with Crippen LogP contribution in [0.1, 0.15) is 54.3 Å². The first-order valence-corrected chi connectivity index (χ1v) is 11.7. The second-order valence-electron chi connectivity index (χ2n) is 9.49. The fourth-order valence-electron chi connectivity index (χ4n) is 3.70. The van der Waals surface area contributed by atoms with Gasteiger partial charge in [-0.2, -0.15) is 5.10 Å². The normalized spacial score (nSPS) is 14.2. The third-order valence-corrected chi connectivity index (χ3v) is 5.56. The summed E-state index contributed by atoms with van der Waals surface area (Å²) in [5, 5.41) is 6.87. The number of aromatic nitrogens is 3. The maximum Gasteiger partial charge on any atom is 0.410 e. The number of rotatable bonds is 5. The van der Waals surface area contributed by atoms with Crippen LogP contribution in [0.3, 0.4) is 0 Å². The highest BCUT2D eigenvalue weighted by Crippen LogP contribution is 2.20. The highest BCUT2D eigenvalue weighted by atomic mass is 16.6. The molecule has 36 heavy (non-hydrogen) atoms. The van der Waals surface area contributed by atoms with Crippen LogP contribution in [0, 0.1) is 0 Å². The van der Waals surface area contributed by atoms with E-state index in [0.29, 0.717) is 42.7 Å². The molecule has 2 aromatic carbocycles. The van der Waals surface area contributed by atoms with Crippen LogP contribution in [0.15, 0.2) is 61.2 Å². The van der Waals surface area contributed by atoms with Gasteiger partial charge in [0.05, 0.1) is 11.3 Å². The summed E-state index contributed by atoms with van der Waals surface area (Å²) in [6.45, 7) is 6.42. The Morgan fingerprint density at radius 1 is 0.944 bits per heavy atom. The summed E-state index contributed by atoms with van der Waals surface area (Å²) in [5.41, 5.74) is 1.68. The lowest BCUT2D eigenvalue weighted by atomic mass is 10.1. The molecule has 1 N–H and O–H groups in total. The van der Waals surface area contributed by atoms with Crippen LogP contribution in [0.25, 0.3) is 5.69 Å². The number of carbonyl (C=O) groups excluding carboxylic acids is 3. The second kappa shape index (κ2) is 10.6. The van der Waals surface area contributed by atoms with Gasteiger partial charge in [0.15, 0.2) is 0 Å². The predicted molar refractivity (Wildman–Crippen MR) is 132 cm³/mol. The smallest absolute Gasteiger partial charge is 0.410 e. The summed E-state index contributed by atoms with van der Waals surface area (Å²) in [6, 6.07) is 13.5. The first-order chi connectivity index (χ1) is 17.2. The summed E-state index contributed by atoms with van der Waals surface area (Å²) < 4.78 is 12.6. The van der Waals surface area contributed by atoms with Gasteiger partial charge in [0.1, 0.15) is 24.4 Å². The molecule has 0 atom stereocenters. The van der Waals surface area contributed by atoms with Crippen LogP contribution in [0.5, 0.6) is 0 Å². The lowest BCUT2D eigenvalue weighted by Crippen LogP contribution is -2.43. The van der Waals surface area contributed by atoms with E-state index in [1.54, 1.807) is 64.4 Å². The molecule has 3 aromatic rings. The van der Waals surface area contributed by atoms with Gasteiger partial charge in [-0.1, -0.05) is 0 Å². The Hall–Kier alpha value is -4.21. The molecule has 4 rings (SSSR count). The van der Waals surface area contributed by atoms with Gasteiger partial charge in [-0.25, -0.2) is 19.3 Å². The zero-order valence-corrected chi connectivity index (χ0v) is 20.5. The van der Waals surface area contributed by atoms with Gasteiger partial charge in [-0.05, 0) is 69.3 Å². The molecule has 2 heterocycles. The van der Waals surface area contributed by atoms with Crippen molar-refractivity contribution in [2.24, 2.45) is 0 Å². The molecule has 0 saturated carbocycles. The molecule has 0 aliphatic carbocycles. The number of hydrogen-bond donors (Lipinski definition) is 1. The summed E-state index contributed by atoms with van der Waals surface area (Å²) >= 11 is 0. The van der Waals surface area contributed by atoms with Crippen molar-refractivity contribution in [1.29, 1.82) is 0 Å².